The summed E-state index contributed by atoms with van der Waals surface area (Å²) in [4.78, 5) is 32.2. The van der Waals surface area contributed by atoms with Crippen LogP contribution in [0.4, 0.5) is 0 Å². The minimum absolute atomic E-state index is 0.136. The molecule has 0 aliphatic heterocycles. The van der Waals surface area contributed by atoms with Crippen LogP contribution in [0.3, 0.4) is 0 Å². The largest absolute Gasteiger partial charge is 0.468 e. The van der Waals surface area contributed by atoms with E-state index < -0.39 is 11.9 Å². The summed E-state index contributed by atoms with van der Waals surface area (Å²) in [5.74, 6) is -1.27. The summed E-state index contributed by atoms with van der Waals surface area (Å²) in [5, 5.41) is 4.73. The molecule has 80 valence electrons. The van der Waals surface area contributed by atoms with E-state index in [-0.39, 0.29) is 24.3 Å². The van der Waals surface area contributed by atoms with Crippen molar-refractivity contribution in [2.45, 2.75) is 0 Å². The highest BCUT2D eigenvalue weighted by Crippen LogP contribution is 1.77. The lowest BCUT2D eigenvalue weighted by Gasteiger charge is -2.04. The normalized spacial score (nSPS) is 9.00. The number of carbonyl (C=O) groups excluding carboxylic acids is 3. The van der Waals surface area contributed by atoms with E-state index in [4.69, 9.17) is 0 Å². The molecule has 0 heterocycles. The molecule has 0 aliphatic rings. The van der Waals surface area contributed by atoms with Crippen LogP contribution in [0, 0.1) is 0 Å². The van der Waals surface area contributed by atoms with E-state index in [9.17, 15) is 14.4 Å². The fourth-order valence-corrected chi connectivity index (χ4v) is 0.730. The molecule has 0 aromatic heterocycles. The summed E-state index contributed by atoms with van der Waals surface area (Å²) in [6.45, 7) is -0.346. The minimum Gasteiger partial charge on any atom is -0.468 e. The van der Waals surface area contributed by atoms with Crippen LogP contribution in [0.5, 0.6) is 0 Å². The molecular weight excluding hydrogens is 256 g/mol. The first-order valence-electron chi connectivity index (χ1n) is 3.76. The third kappa shape index (κ3) is 6.41. The molecule has 0 radical (unpaired) electrons. The highest BCUT2D eigenvalue weighted by Gasteiger charge is 2.06. The van der Waals surface area contributed by atoms with Gasteiger partial charge in [0.05, 0.1) is 19.0 Å². The van der Waals surface area contributed by atoms with Gasteiger partial charge in [-0.25, -0.2) is 0 Å². The Labute approximate surface area is 89.5 Å². The van der Waals surface area contributed by atoms with Crippen LogP contribution in [-0.4, -0.2) is 43.3 Å². The van der Waals surface area contributed by atoms with Gasteiger partial charge in [-0.3, -0.25) is 14.4 Å². The summed E-state index contributed by atoms with van der Waals surface area (Å²) in [6, 6.07) is 0. The van der Waals surface area contributed by atoms with E-state index in [0.717, 1.165) is 0 Å². The quantitative estimate of drug-likeness (QED) is 0.483. The second-order valence-corrected chi connectivity index (χ2v) is 2.82. The van der Waals surface area contributed by atoms with Crippen LogP contribution >= 0.6 is 15.9 Å². The number of rotatable bonds is 5. The Morgan fingerprint density at radius 3 is 2.21 bits per heavy atom. The number of methoxy groups -OCH3 is 1. The molecule has 0 aromatic carbocycles. The van der Waals surface area contributed by atoms with Crippen molar-refractivity contribution in [1.82, 2.24) is 10.6 Å². The third-order valence-corrected chi connectivity index (χ3v) is 1.73. The van der Waals surface area contributed by atoms with E-state index in [1.807, 2.05) is 0 Å². The first kappa shape index (κ1) is 12.9. The van der Waals surface area contributed by atoms with E-state index in [0.29, 0.717) is 0 Å². The molecule has 0 fully saturated rings. The molecule has 14 heavy (non-hydrogen) atoms. The van der Waals surface area contributed by atoms with Crippen LogP contribution in [0.25, 0.3) is 0 Å². The molecule has 0 atom stereocenters. The third-order valence-electron chi connectivity index (χ3n) is 1.23. The van der Waals surface area contributed by atoms with Gasteiger partial charge in [-0.05, 0) is 0 Å². The first-order valence-corrected chi connectivity index (χ1v) is 4.88. The van der Waals surface area contributed by atoms with Gasteiger partial charge in [-0.1, -0.05) is 15.9 Å². The molecule has 0 aromatic rings. The van der Waals surface area contributed by atoms with Crippen molar-refractivity contribution in [1.29, 1.82) is 0 Å². The van der Waals surface area contributed by atoms with Crippen molar-refractivity contribution in [3.05, 3.63) is 0 Å². The predicted molar refractivity (Wildman–Crippen MR) is 51.8 cm³/mol. The van der Waals surface area contributed by atoms with E-state index in [2.05, 4.69) is 31.3 Å². The second kappa shape index (κ2) is 7.31. The molecule has 2 N–H and O–H groups in total. The molecule has 0 bridgehead atoms. The van der Waals surface area contributed by atoms with Crippen LogP contribution < -0.4 is 10.6 Å². The van der Waals surface area contributed by atoms with Gasteiger partial charge in [0.15, 0.2) is 0 Å². The molecule has 0 aliphatic carbocycles. The number of ether oxygens (including phenoxy) is 1. The molecule has 0 spiro atoms. The molecule has 0 rings (SSSR count). The van der Waals surface area contributed by atoms with Crippen LogP contribution in [0.15, 0.2) is 0 Å². The number of carbonyl (C=O) groups is 3. The van der Waals surface area contributed by atoms with Gasteiger partial charge in [0.25, 0.3) is 0 Å². The van der Waals surface area contributed by atoms with Crippen LogP contribution in [-0.2, 0) is 19.1 Å². The van der Waals surface area contributed by atoms with Crippen LogP contribution in [0.1, 0.15) is 0 Å². The topological polar surface area (TPSA) is 84.5 Å². The van der Waals surface area contributed by atoms with Gasteiger partial charge in [0.2, 0.25) is 11.8 Å². The zero-order chi connectivity index (χ0) is 11.0. The van der Waals surface area contributed by atoms with Crippen molar-refractivity contribution < 1.29 is 19.1 Å². The zero-order valence-corrected chi connectivity index (χ0v) is 9.22. The highest BCUT2D eigenvalue weighted by atomic mass is 79.9. The Balaban J connectivity index is 3.56. The summed E-state index contributed by atoms with van der Waals surface area (Å²) < 4.78 is 4.30. The predicted octanol–water partition coefficient (Wildman–Crippen LogP) is -1.21. The Bertz CT molecular complexity index is 210. The van der Waals surface area contributed by atoms with Crippen molar-refractivity contribution in [3.8, 4) is 0 Å². The number of alkyl halides is 1. The Kier molecular flexibility index (Phi) is 6.73. The number of hydrogen-bond donors (Lipinski definition) is 2. The molecule has 0 saturated carbocycles. The van der Waals surface area contributed by atoms with Gasteiger partial charge in [-0.2, -0.15) is 0 Å². The van der Waals surface area contributed by atoms with Gasteiger partial charge in [0.1, 0.15) is 6.54 Å². The summed E-state index contributed by atoms with van der Waals surface area (Å²) in [6.07, 6.45) is 0. The number of amides is 2. The maximum Gasteiger partial charge on any atom is 0.325 e. The van der Waals surface area contributed by atoms with Crippen molar-refractivity contribution in [3.63, 3.8) is 0 Å². The SMILES string of the molecule is COC(=O)CNC(=O)CNC(=O)CBr. The Morgan fingerprint density at radius 1 is 1.14 bits per heavy atom. The molecule has 6 nitrogen and oxygen atoms in total. The van der Waals surface area contributed by atoms with E-state index in [1.54, 1.807) is 0 Å². The average Bonchev–Trinajstić information content (AvgIpc) is 2.22. The second-order valence-electron chi connectivity index (χ2n) is 2.26. The highest BCUT2D eigenvalue weighted by molar-refractivity contribution is 9.09. The molecule has 2 amide bonds. The number of hydrogen-bond acceptors (Lipinski definition) is 4. The Morgan fingerprint density at radius 2 is 1.71 bits per heavy atom. The number of nitrogens with one attached hydrogen (secondary N) is 2. The lowest BCUT2D eigenvalue weighted by atomic mass is 10.5. The van der Waals surface area contributed by atoms with Crippen molar-refractivity contribution >= 4 is 33.7 Å². The van der Waals surface area contributed by atoms with Gasteiger partial charge < -0.3 is 15.4 Å². The fourth-order valence-electron chi connectivity index (χ4n) is 0.532. The van der Waals surface area contributed by atoms with E-state index >= 15 is 0 Å². The first-order chi connectivity index (χ1) is 6.60. The van der Waals surface area contributed by atoms with Gasteiger partial charge >= 0.3 is 5.97 Å². The van der Waals surface area contributed by atoms with E-state index in [1.165, 1.54) is 7.11 Å². The fraction of sp³-hybridized carbons (Fsp3) is 0.571. The number of esters is 1. The summed E-state index contributed by atoms with van der Waals surface area (Å²) in [7, 11) is 1.22. The van der Waals surface area contributed by atoms with Crippen molar-refractivity contribution in [2.24, 2.45) is 0 Å². The Hall–Kier alpha value is -1.11. The van der Waals surface area contributed by atoms with Gasteiger partial charge in [-0.15, -0.1) is 0 Å². The van der Waals surface area contributed by atoms with Crippen LogP contribution in [0.2, 0.25) is 0 Å². The summed E-state index contributed by atoms with van der Waals surface area (Å²) >= 11 is 2.92. The minimum atomic E-state index is -0.537. The van der Waals surface area contributed by atoms with Crippen molar-refractivity contribution in [2.75, 3.05) is 25.5 Å². The monoisotopic (exact) mass is 266 g/mol. The molecule has 0 unspecified atom stereocenters. The molecular formula is C7H11BrN2O4. The smallest absolute Gasteiger partial charge is 0.325 e. The average molecular weight is 267 g/mol. The molecule has 0 saturated heterocycles. The number of halogens is 1. The summed E-state index contributed by atoms with van der Waals surface area (Å²) in [5.41, 5.74) is 0. The lowest BCUT2D eigenvalue weighted by molar-refractivity contribution is -0.141. The maximum absolute atomic E-state index is 10.9. The zero-order valence-electron chi connectivity index (χ0n) is 7.63. The maximum atomic E-state index is 10.9. The van der Waals surface area contributed by atoms with Gasteiger partial charge in [0, 0.05) is 0 Å². The standard InChI is InChI=1S/C7H11BrN2O4/c1-14-7(13)4-10-6(12)3-9-5(11)2-8/h2-4H2,1H3,(H,9,11)(H,10,12). The lowest BCUT2D eigenvalue weighted by Crippen LogP contribution is -2.39. The molecule has 7 heteroatoms.